The molecule has 0 saturated heterocycles. The molecule has 0 aliphatic heterocycles. The molecule has 106 valence electrons. The minimum atomic E-state index is 0.0935. The van der Waals surface area contributed by atoms with Crippen LogP contribution in [-0.2, 0) is 7.05 Å². The molecule has 0 saturated carbocycles. The Labute approximate surface area is 129 Å². The fourth-order valence-corrected chi connectivity index (χ4v) is 2.44. The summed E-state index contributed by atoms with van der Waals surface area (Å²) >= 11 is 11.2. The fourth-order valence-electron chi connectivity index (χ4n) is 2.02. The van der Waals surface area contributed by atoms with Crippen LogP contribution in [-0.4, -0.2) is 14.9 Å². The van der Waals surface area contributed by atoms with Crippen molar-refractivity contribution in [2.75, 3.05) is 5.32 Å². The quantitative estimate of drug-likeness (QED) is 0.853. The lowest BCUT2D eigenvalue weighted by Crippen LogP contribution is -2.31. The minimum Gasteiger partial charge on any atom is -0.356 e. The van der Waals surface area contributed by atoms with E-state index in [9.17, 15) is 0 Å². The lowest BCUT2D eigenvalue weighted by atomic mass is 10.1. The third-order valence-corrected chi connectivity index (χ3v) is 3.44. The van der Waals surface area contributed by atoms with E-state index in [0.29, 0.717) is 10.1 Å². The van der Waals surface area contributed by atoms with Crippen LogP contribution in [0.3, 0.4) is 0 Å². The normalized spacial score (nSPS) is 12.0. The van der Waals surface area contributed by atoms with Gasteiger partial charge in [0.2, 0.25) is 0 Å². The van der Waals surface area contributed by atoms with Crippen LogP contribution in [0.2, 0.25) is 5.02 Å². The van der Waals surface area contributed by atoms with E-state index in [0.717, 1.165) is 16.9 Å². The maximum Gasteiger partial charge on any atom is 0.171 e. The van der Waals surface area contributed by atoms with E-state index in [1.165, 1.54) is 0 Å². The average molecular weight is 309 g/mol. The molecule has 4 nitrogen and oxygen atoms in total. The van der Waals surface area contributed by atoms with E-state index >= 15 is 0 Å². The van der Waals surface area contributed by atoms with Crippen molar-refractivity contribution in [3.8, 4) is 0 Å². The van der Waals surface area contributed by atoms with Crippen molar-refractivity contribution in [1.82, 2.24) is 15.1 Å². The highest BCUT2D eigenvalue weighted by Gasteiger charge is 2.12. The van der Waals surface area contributed by atoms with Crippen LogP contribution < -0.4 is 10.6 Å². The molecule has 20 heavy (non-hydrogen) atoms. The standard InChI is InChI=1S/C14H17ClN4S/c1-9(13-8-19(3)18-10(13)2)16-14(20)17-12-6-4-11(15)5-7-12/h4-9H,1-3H3,(H2,16,17,20). The van der Waals surface area contributed by atoms with Gasteiger partial charge < -0.3 is 10.6 Å². The molecule has 0 aliphatic rings. The van der Waals surface area contributed by atoms with Gasteiger partial charge in [-0.2, -0.15) is 5.10 Å². The van der Waals surface area contributed by atoms with E-state index in [1.54, 1.807) is 4.68 Å². The van der Waals surface area contributed by atoms with Crippen molar-refractivity contribution in [2.45, 2.75) is 19.9 Å². The SMILES string of the molecule is Cc1nn(C)cc1C(C)NC(=S)Nc1ccc(Cl)cc1. The second-order valence-corrected chi connectivity index (χ2v) is 5.52. The molecule has 1 unspecified atom stereocenters. The third-order valence-electron chi connectivity index (χ3n) is 2.97. The average Bonchev–Trinajstić information content (AvgIpc) is 2.71. The molecule has 2 rings (SSSR count). The number of anilines is 1. The molecule has 0 fully saturated rings. The number of nitrogens with zero attached hydrogens (tertiary/aromatic N) is 2. The second kappa shape index (κ2) is 6.24. The van der Waals surface area contributed by atoms with Gasteiger partial charge in [-0.1, -0.05) is 11.6 Å². The molecule has 1 atom stereocenters. The van der Waals surface area contributed by atoms with E-state index in [-0.39, 0.29) is 6.04 Å². The highest BCUT2D eigenvalue weighted by atomic mass is 35.5. The Balaban J connectivity index is 1.97. The largest absolute Gasteiger partial charge is 0.356 e. The Morgan fingerprint density at radius 2 is 2.00 bits per heavy atom. The first kappa shape index (κ1) is 14.8. The van der Waals surface area contributed by atoms with Crippen molar-refractivity contribution in [3.63, 3.8) is 0 Å². The van der Waals surface area contributed by atoms with Crippen molar-refractivity contribution < 1.29 is 0 Å². The van der Waals surface area contributed by atoms with Gasteiger partial charge in [0.1, 0.15) is 0 Å². The Hall–Kier alpha value is -1.59. The summed E-state index contributed by atoms with van der Waals surface area (Å²) in [6.07, 6.45) is 2.00. The fraction of sp³-hybridized carbons (Fsp3) is 0.286. The van der Waals surface area contributed by atoms with Gasteiger partial charge in [-0.05, 0) is 50.3 Å². The molecule has 1 heterocycles. The summed E-state index contributed by atoms with van der Waals surface area (Å²) < 4.78 is 1.80. The summed E-state index contributed by atoms with van der Waals surface area (Å²) in [5.74, 6) is 0. The Morgan fingerprint density at radius 1 is 1.35 bits per heavy atom. The van der Waals surface area contributed by atoms with Crippen molar-refractivity contribution in [1.29, 1.82) is 0 Å². The Morgan fingerprint density at radius 3 is 2.55 bits per heavy atom. The lowest BCUT2D eigenvalue weighted by molar-refractivity contribution is 0.715. The van der Waals surface area contributed by atoms with Crippen LogP contribution in [0.5, 0.6) is 0 Å². The number of rotatable bonds is 3. The summed E-state index contributed by atoms with van der Waals surface area (Å²) in [6, 6.07) is 7.51. The smallest absolute Gasteiger partial charge is 0.171 e. The van der Waals surface area contributed by atoms with E-state index in [2.05, 4.69) is 22.7 Å². The van der Waals surface area contributed by atoms with Gasteiger partial charge in [0.15, 0.2) is 5.11 Å². The molecule has 2 aromatic rings. The lowest BCUT2D eigenvalue weighted by Gasteiger charge is -2.16. The molecule has 0 spiro atoms. The Kier molecular flexibility index (Phi) is 4.62. The maximum absolute atomic E-state index is 5.85. The molecule has 2 N–H and O–H groups in total. The van der Waals surface area contributed by atoms with Crippen LogP contribution in [0, 0.1) is 6.92 Å². The van der Waals surface area contributed by atoms with Gasteiger partial charge in [-0.15, -0.1) is 0 Å². The van der Waals surface area contributed by atoms with E-state index in [4.69, 9.17) is 23.8 Å². The van der Waals surface area contributed by atoms with Crippen LogP contribution in [0.15, 0.2) is 30.5 Å². The zero-order valence-corrected chi connectivity index (χ0v) is 13.2. The zero-order chi connectivity index (χ0) is 14.7. The second-order valence-electron chi connectivity index (χ2n) is 4.67. The molecular formula is C14H17ClN4S. The number of thiocarbonyl (C=S) groups is 1. The molecule has 0 bridgehead atoms. The molecule has 1 aromatic heterocycles. The van der Waals surface area contributed by atoms with Crippen LogP contribution in [0.25, 0.3) is 0 Å². The van der Waals surface area contributed by atoms with Gasteiger partial charge in [0.05, 0.1) is 11.7 Å². The molecule has 6 heteroatoms. The number of hydrogen-bond donors (Lipinski definition) is 2. The monoisotopic (exact) mass is 308 g/mol. The predicted octanol–water partition coefficient (Wildman–Crippen LogP) is 3.43. The number of benzene rings is 1. The van der Waals surface area contributed by atoms with Crippen molar-refractivity contribution >= 4 is 34.6 Å². The number of hydrogen-bond acceptors (Lipinski definition) is 2. The maximum atomic E-state index is 5.85. The minimum absolute atomic E-state index is 0.0935. The molecule has 0 amide bonds. The first-order chi connectivity index (χ1) is 9.45. The zero-order valence-electron chi connectivity index (χ0n) is 11.6. The first-order valence-corrected chi connectivity index (χ1v) is 7.07. The summed E-state index contributed by atoms with van der Waals surface area (Å²) in [6.45, 7) is 4.04. The van der Waals surface area contributed by atoms with Crippen LogP contribution in [0.1, 0.15) is 24.2 Å². The van der Waals surface area contributed by atoms with Crippen molar-refractivity contribution in [2.24, 2.45) is 7.05 Å². The number of nitrogens with one attached hydrogen (secondary N) is 2. The van der Waals surface area contributed by atoms with Crippen LogP contribution >= 0.6 is 23.8 Å². The van der Waals surface area contributed by atoms with E-state index in [1.807, 2.05) is 44.4 Å². The molecule has 1 aromatic carbocycles. The van der Waals surface area contributed by atoms with Gasteiger partial charge in [-0.3, -0.25) is 4.68 Å². The molecule has 0 radical (unpaired) electrons. The van der Waals surface area contributed by atoms with Gasteiger partial charge in [0, 0.05) is 29.5 Å². The summed E-state index contributed by atoms with van der Waals surface area (Å²) in [5.41, 5.74) is 3.04. The molecule has 0 aliphatic carbocycles. The Bertz CT molecular complexity index is 606. The van der Waals surface area contributed by atoms with Gasteiger partial charge in [0.25, 0.3) is 0 Å². The van der Waals surface area contributed by atoms with Gasteiger partial charge in [-0.25, -0.2) is 0 Å². The number of aromatic nitrogens is 2. The number of halogens is 1. The summed E-state index contributed by atoms with van der Waals surface area (Å²) in [5, 5.41) is 12.0. The van der Waals surface area contributed by atoms with E-state index < -0.39 is 0 Å². The van der Waals surface area contributed by atoms with Gasteiger partial charge >= 0.3 is 0 Å². The number of aryl methyl sites for hydroxylation is 2. The first-order valence-electron chi connectivity index (χ1n) is 6.29. The highest BCUT2D eigenvalue weighted by Crippen LogP contribution is 2.17. The summed E-state index contributed by atoms with van der Waals surface area (Å²) in [4.78, 5) is 0. The molecular weight excluding hydrogens is 292 g/mol. The predicted molar refractivity (Wildman–Crippen MR) is 87.2 cm³/mol. The highest BCUT2D eigenvalue weighted by molar-refractivity contribution is 7.80. The van der Waals surface area contributed by atoms with Crippen LogP contribution in [0.4, 0.5) is 5.69 Å². The van der Waals surface area contributed by atoms with Crippen molar-refractivity contribution in [3.05, 3.63) is 46.7 Å². The third kappa shape index (κ3) is 3.71. The topological polar surface area (TPSA) is 41.9 Å². The summed E-state index contributed by atoms with van der Waals surface area (Å²) in [7, 11) is 1.91.